The van der Waals surface area contributed by atoms with E-state index < -0.39 is 0 Å². The molecule has 3 heteroatoms. The summed E-state index contributed by atoms with van der Waals surface area (Å²) in [5, 5.41) is 0. The average molecular weight is 263 g/mol. The highest BCUT2D eigenvalue weighted by atomic mass is 16.5. The Bertz CT molecular complexity index is 352. The standard InChI is InChI=1S/C16H25NO2/c1-15-6-7-16(8-12-18-13-14-19-15)5-4-11-17-9-2-3-10-17/h6-8,12H,2-5,9-11,13-14H2,1H3/b12-8+,15-6+,16-7-. The highest BCUT2D eigenvalue weighted by Gasteiger charge is 2.10. The van der Waals surface area contributed by atoms with E-state index in [1.807, 2.05) is 6.92 Å². The molecule has 1 fully saturated rings. The minimum absolute atomic E-state index is 0.614. The van der Waals surface area contributed by atoms with Crippen LogP contribution >= 0.6 is 0 Å². The first kappa shape index (κ1) is 14.2. The molecule has 2 aliphatic heterocycles. The van der Waals surface area contributed by atoms with E-state index >= 15 is 0 Å². The van der Waals surface area contributed by atoms with Crippen LogP contribution in [0.5, 0.6) is 0 Å². The predicted octanol–water partition coefficient (Wildman–Crippen LogP) is 3.25. The van der Waals surface area contributed by atoms with Crippen LogP contribution in [0.2, 0.25) is 0 Å². The third-order valence-corrected chi connectivity index (χ3v) is 3.58. The zero-order chi connectivity index (χ0) is 13.3. The third kappa shape index (κ3) is 5.52. The van der Waals surface area contributed by atoms with Crippen molar-refractivity contribution in [3.8, 4) is 0 Å². The van der Waals surface area contributed by atoms with Crippen LogP contribution in [0.15, 0.2) is 35.8 Å². The molecule has 0 aromatic carbocycles. The summed E-state index contributed by atoms with van der Waals surface area (Å²) in [7, 11) is 0. The SMILES string of the molecule is C\C1=C/C=C(CCCN2CCCC2)\C=C\OCCO1. The summed E-state index contributed by atoms with van der Waals surface area (Å²) in [6, 6.07) is 0. The van der Waals surface area contributed by atoms with Crippen molar-refractivity contribution in [2.45, 2.75) is 32.6 Å². The Kier molecular flexibility index (Phi) is 6.02. The van der Waals surface area contributed by atoms with E-state index in [0.717, 1.165) is 12.2 Å². The molecule has 0 saturated carbocycles. The van der Waals surface area contributed by atoms with E-state index in [4.69, 9.17) is 9.47 Å². The number of nitrogens with zero attached hydrogens (tertiary/aromatic N) is 1. The zero-order valence-electron chi connectivity index (χ0n) is 11.9. The van der Waals surface area contributed by atoms with Crippen molar-refractivity contribution in [2.24, 2.45) is 0 Å². The van der Waals surface area contributed by atoms with Crippen molar-refractivity contribution in [3.63, 3.8) is 0 Å². The monoisotopic (exact) mass is 263 g/mol. The fraction of sp³-hybridized carbons (Fsp3) is 0.625. The van der Waals surface area contributed by atoms with Gasteiger partial charge >= 0.3 is 0 Å². The van der Waals surface area contributed by atoms with Crippen LogP contribution < -0.4 is 0 Å². The highest BCUT2D eigenvalue weighted by molar-refractivity contribution is 5.24. The minimum atomic E-state index is 0.614. The first-order valence-electron chi connectivity index (χ1n) is 7.35. The molecule has 106 valence electrons. The fourth-order valence-corrected chi connectivity index (χ4v) is 2.46. The summed E-state index contributed by atoms with van der Waals surface area (Å²) < 4.78 is 10.9. The lowest BCUT2D eigenvalue weighted by molar-refractivity contribution is 0.132. The molecule has 0 aromatic rings. The van der Waals surface area contributed by atoms with Crippen LogP contribution in [0, 0.1) is 0 Å². The van der Waals surface area contributed by atoms with Gasteiger partial charge in [-0.05, 0) is 70.0 Å². The average Bonchev–Trinajstić information content (AvgIpc) is 2.92. The van der Waals surface area contributed by atoms with Crippen molar-refractivity contribution < 1.29 is 9.47 Å². The van der Waals surface area contributed by atoms with Crippen LogP contribution in [-0.4, -0.2) is 37.7 Å². The molecule has 0 radical (unpaired) electrons. The maximum atomic E-state index is 5.50. The van der Waals surface area contributed by atoms with Crippen molar-refractivity contribution >= 4 is 0 Å². The molecule has 0 bridgehead atoms. The minimum Gasteiger partial charge on any atom is -0.498 e. The lowest BCUT2D eigenvalue weighted by Crippen LogP contribution is -2.20. The maximum Gasteiger partial charge on any atom is 0.122 e. The largest absolute Gasteiger partial charge is 0.498 e. The molecular weight excluding hydrogens is 238 g/mol. The van der Waals surface area contributed by atoms with E-state index in [2.05, 4.69) is 23.1 Å². The molecule has 0 atom stereocenters. The van der Waals surface area contributed by atoms with Crippen molar-refractivity contribution in [3.05, 3.63) is 35.8 Å². The summed E-state index contributed by atoms with van der Waals surface area (Å²) in [5.41, 5.74) is 1.31. The van der Waals surface area contributed by atoms with Gasteiger partial charge in [0.2, 0.25) is 0 Å². The second kappa shape index (κ2) is 8.05. The molecule has 3 nitrogen and oxygen atoms in total. The molecule has 2 rings (SSSR count). The Morgan fingerprint density at radius 2 is 2.00 bits per heavy atom. The van der Waals surface area contributed by atoms with Gasteiger partial charge in [-0.15, -0.1) is 0 Å². The van der Waals surface area contributed by atoms with Crippen molar-refractivity contribution in [2.75, 3.05) is 32.8 Å². The van der Waals surface area contributed by atoms with Crippen LogP contribution in [0.1, 0.15) is 32.6 Å². The summed E-state index contributed by atoms with van der Waals surface area (Å²) >= 11 is 0. The number of likely N-dealkylation sites (tertiary alicyclic amines) is 1. The Balaban J connectivity index is 1.81. The van der Waals surface area contributed by atoms with Crippen LogP contribution in [0.3, 0.4) is 0 Å². The Hall–Kier alpha value is -1.22. The Morgan fingerprint density at radius 1 is 1.16 bits per heavy atom. The Labute approximate surface area is 116 Å². The lowest BCUT2D eigenvalue weighted by Gasteiger charge is -2.14. The zero-order valence-corrected chi connectivity index (χ0v) is 11.9. The van der Waals surface area contributed by atoms with Gasteiger partial charge in [0.1, 0.15) is 13.2 Å². The quantitative estimate of drug-likeness (QED) is 0.777. The van der Waals surface area contributed by atoms with E-state index in [-0.39, 0.29) is 0 Å². The molecule has 0 aromatic heterocycles. The fourth-order valence-electron chi connectivity index (χ4n) is 2.46. The van der Waals surface area contributed by atoms with Gasteiger partial charge < -0.3 is 14.4 Å². The molecule has 19 heavy (non-hydrogen) atoms. The number of hydrogen-bond acceptors (Lipinski definition) is 3. The van der Waals surface area contributed by atoms with E-state index in [1.165, 1.54) is 44.5 Å². The number of ether oxygens (including phenoxy) is 2. The normalized spacial score (nSPS) is 28.5. The maximum absolute atomic E-state index is 5.50. The first-order chi connectivity index (χ1) is 9.34. The lowest BCUT2D eigenvalue weighted by atomic mass is 10.1. The first-order valence-corrected chi connectivity index (χ1v) is 7.35. The molecule has 0 amide bonds. The second-order valence-electron chi connectivity index (χ2n) is 5.19. The smallest absolute Gasteiger partial charge is 0.122 e. The highest BCUT2D eigenvalue weighted by Crippen LogP contribution is 2.13. The third-order valence-electron chi connectivity index (χ3n) is 3.58. The van der Waals surface area contributed by atoms with Gasteiger partial charge in [-0.1, -0.05) is 6.08 Å². The van der Waals surface area contributed by atoms with Crippen LogP contribution in [0.4, 0.5) is 0 Å². The van der Waals surface area contributed by atoms with Gasteiger partial charge in [0, 0.05) is 0 Å². The molecular formula is C16H25NO2. The molecule has 0 aliphatic carbocycles. The van der Waals surface area contributed by atoms with E-state index in [1.54, 1.807) is 6.26 Å². The van der Waals surface area contributed by atoms with Crippen LogP contribution in [-0.2, 0) is 9.47 Å². The number of allylic oxidation sites excluding steroid dienone is 5. The van der Waals surface area contributed by atoms with E-state index in [0.29, 0.717) is 13.2 Å². The molecule has 0 N–H and O–H groups in total. The number of rotatable bonds is 4. The Morgan fingerprint density at radius 3 is 2.84 bits per heavy atom. The topological polar surface area (TPSA) is 21.7 Å². The van der Waals surface area contributed by atoms with Gasteiger partial charge in [0.05, 0.1) is 12.0 Å². The molecule has 1 saturated heterocycles. The van der Waals surface area contributed by atoms with E-state index in [9.17, 15) is 0 Å². The van der Waals surface area contributed by atoms with Crippen LogP contribution in [0.25, 0.3) is 0 Å². The van der Waals surface area contributed by atoms with Gasteiger partial charge in [-0.25, -0.2) is 0 Å². The molecule has 0 spiro atoms. The summed E-state index contributed by atoms with van der Waals surface area (Å²) in [5.74, 6) is 0.955. The molecule has 2 heterocycles. The van der Waals surface area contributed by atoms with Gasteiger partial charge in [-0.2, -0.15) is 0 Å². The van der Waals surface area contributed by atoms with Crippen molar-refractivity contribution in [1.82, 2.24) is 4.90 Å². The van der Waals surface area contributed by atoms with Gasteiger partial charge in [0.25, 0.3) is 0 Å². The molecule has 0 unspecified atom stereocenters. The summed E-state index contributed by atoms with van der Waals surface area (Å²) in [6.45, 7) is 7.00. The van der Waals surface area contributed by atoms with Crippen molar-refractivity contribution in [1.29, 1.82) is 0 Å². The molecule has 2 aliphatic rings. The summed E-state index contributed by atoms with van der Waals surface area (Å²) in [6.07, 6.45) is 13.1. The predicted molar refractivity (Wildman–Crippen MR) is 77.8 cm³/mol. The van der Waals surface area contributed by atoms with Gasteiger partial charge in [0.15, 0.2) is 0 Å². The summed E-state index contributed by atoms with van der Waals surface area (Å²) in [4.78, 5) is 2.56. The van der Waals surface area contributed by atoms with Gasteiger partial charge in [-0.3, -0.25) is 0 Å². The second-order valence-corrected chi connectivity index (χ2v) is 5.19. The number of hydrogen-bond donors (Lipinski definition) is 0.